The third-order valence-electron chi connectivity index (χ3n) is 5.33. The predicted molar refractivity (Wildman–Crippen MR) is 102 cm³/mol. The summed E-state index contributed by atoms with van der Waals surface area (Å²) in [5.74, 6) is 1.07. The van der Waals surface area contributed by atoms with Crippen LogP contribution in [0.3, 0.4) is 0 Å². The molecular formula is C21H31N3O2+2. The van der Waals surface area contributed by atoms with Crippen molar-refractivity contribution in [3.05, 3.63) is 54.0 Å². The molecule has 0 bridgehead atoms. The van der Waals surface area contributed by atoms with Crippen LogP contribution in [0.4, 0.5) is 5.69 Å². The molecular weight excluding hydrogens is 326 g/mol. The predicted octanol–water partition coefficient (Wildman–Crippen LogP) is 1.29. The minimum absolute atomic E-state index is 0.0423. The minimum atomic E-state index is -0.141. The number of likely N-dealkylation sites (tertiary alicyclic amines) is 1. The number of aryl methyl sites for hydroxylation is 1. The van der Waals surface area contributed by atoms with Gasteiger partial charge in [0.15, 0.2) is 17.8 Å². The van der Waals surface area contributed by atoms with Crippen LogP contribution < -0.4 is 15.5 Å². The average molecular weight is 357 g/mol. The third-order valence-corrected chi connectivity index (χ3v) is 5.33. The third kappa shape index (κ3) is 4.96. The van der Waals surface area contributed by atoms with Crippen molar-refractivity contribution in [1.29, 1.82) is 0 Å². The Hall–Kier alpha value is -2.11. The number of hydrogen-bond acceptors (Lipinski definition) is 2. The molecule has 2 heterocycles. The zero-order chi connectivity index (χ0) is 18.4. The summed E-state index contributed by atoms with van der Waals surface area (Å²) in [5, 5.41) is 5.14. The first-order chi connectivity index (χ1) is 12.6. The van der Waals surface area contributed by atoms with Crippen molar-refractivity contribution in [2.75, 3.05) is 25.0 Å². The molecule has 140 valence electrons. The molecule has 1 saturated heterocycles. The standard InChI is InChI=1S/C21H29N3O2/c1-16-8-10-18(11-9-16)23-21(25)17(2)22-15-19(20-7-6-14-26-20)24-12-4-3-5-13-24/h6-11,14,17,19,22H,3-5,12-13,15H2,1-2H3,(H,23,25)/p+2/t17-,19+/m0/s1. The number of furan rings is 1. The van der Waals surface area contributed by atoms with Crippen molar-refractivity contribution < 1.29 is 19.4 Å². The van der Waals surface area contributed by atoms with Crippen LogP contribution >= 0.6 is 0 Å². The van der Waals surface area contributed by atoms with Gasteiger partial charge in [0.2, 0.25) is 0 Å². The number of benzene rings is 1. The molecule has 0 spiro atoms. The number of anilines is 1. The van der Waals surface area contributed by atoms with Crippen molar-refractivity contribution in [3.63, 3.8) is 0 Å². The fourth-order valence-corrected chi connectivity index (χ4v) is 3.67. The molecule has 0 aliphatic carbocycles. The van der Waals surface area contributed by atoms with Crippen LogP contribution in [0.15, 0.2) is 47.1 Å². The summed E-state index contributed by atoms with van der Waals surface area (Å²) in [5.41, 5.74) is 2.04. The molecule has 2 atom stereocenters. The average Bonchev–Trinajstić information content (AvgIpc) is 3.19. The number of amides is 1. The van der Waals surface area contributed by atoms with E-state index in [2.05, 4.69) is 16.7 Å². The highest BCUT2D eigenvalue weighted by Gasteiger charge is 2.31. The molecule has 26 heavy (non-hydrogen) atoms. The van der Waals surface area contributed by atoms with Gasteiger partial charge in [-0.3, -0.25) is 4.79 Å². The van der Waals surface area contributed by atoms with E-state index in [1.54, 1.807) is 11.2 Å². The summed E-state index contributed by atoms with van der Waals surface area (Å²) >= 11 is 0. The summed E-state index contributed by atoms with van der Waals surface area (Å²) in [6.07, 6.45) is 5.62. The topological polar surface area (TPSA) is 63.3 Å². The minimum Gasteiger partial charge on any atom is -0.463 e. The van der Waals surface area contributed by atoms with Crippen LogP contribution in [0.25, 0.3) is 0 Å². The molecule has 4 N–H and O–H groups in total. The number of carbonyl (C=O) groups is 1. The molecule has 0 radical (unpaired) electrons. The van der Waals surface area contributed by atoms with Gasteiger partial charge in [0.25, 0.3) is 5.91 Å². The van der Waals surface area contributed by atoms with E-state index in [4.69, 9.17) is 4.42 Å². The Morgan fingerprint density at radius 2 is 1.92 bits per heavy atom. The smallest absolute Gasteiger partial charge is 0.282 e. The van der Waals surface area contributed by atoms with E-state index in [-0.39, 0.29) is 11.9 Å². The van der Waals surface area contributed by atoms with E-state index in [1.807, 2.05) is 44.2 Å². The molecule has 5 nitrogen and oxygen atoms in total. The zero-order valence-corrected chi connectivity index (χ0v) is 15.8. The van der Waals surface area contributed by atoms with E-state index in [0.29, 0.717) is 6.04 Å². The Kier molecular flexibility index (Phi) is 6.47. The van der Waals surface area contributed by atoms with Crippen molar-refractivity contribution in [2.45, 2.75) is 45.2 Å². The van der Waals surface area contributed by atoms with Crippen molar-refractivity contribution >= 4 is 11.6 Å². The van der Waals surface area contributed by atoms with E-state index in [9.17, 15) is 4.79 Å². The first kappa shape index (κ1) is 18.7. The van der Waals surface area contributed by atoms with Gasteiger partial charge >= 0.3 is 0 Å². The molecule has 1 amide bonds. The van der Waals surface area contributed by atoms with Gasteiger partial charge in [0.1, 0.15) is 6.54 Å². The van der Waals surface area contributed by atoms with Gasteiger partial charge in [0, 0.05) is 5.69 Å². The van der Waals surface area contributed by atoms with Crippen LogP contribution in [0, 0.1) is 6.92 Å². The Balaban J connectivity index is 1.57. The molecule has 1 fully saturated rings. The first-order valence-electron chi connectivity index (χ1n) is 9.72. The SMILES string of the molecule is Cc1ccc(NC(=O)[C@H](C)[NH2+]C[C@H](c2ccco2)[NH+]2CCCCC2)cc1. The van der Waals surface area contributed by atoms with E-state index >= 15 is 0 Å². The first-order valence-corrected chi connectivity index (χ1v) is 9.72. The van der Waals surface area contributed by atoms with E-state index in [0.717, 1.165) is 18.0 Å². The molecule has 1 aliphatic rings. The molecule has 2 aromatic rings. The summed E-state index contributed by atoms with van der Waals surface area (Å²) in [7, 11) is 0. The molecule has 3 rings (SSSR count). The van der Waals surface area contributed by atoms with Gasteiger partial charge in [-0.25, -0.2) is 0 Å². The quantitative estimate of drug-likeness (QED) is 0.699. The molecule has 1 aromatic carbocycles. The van der Waals surface area contributed by atoms with Crippen LogP contribution in [-0.4, -0.2) is 31.6 Å². The number of hydrogen-bond donors (Lipinski definition) is 3. The number of quaternary nitrogens is 2. The Morgan fingerprint density at radius 3 is 2.58 bits per heavy atom. The van der Waals surface area contributed by atoms with Crippen molar-refractivity contribution in [1.82, 2.24) is 0 Å². The van der Waals surface area contributed by atoms with Crippen LogP contribution in [0.5, 0.6) is 0 Å². The number of carbonyl (C=O) groups excluding carboxylic acids is 1. The van der Waals surface area contributed by atoms with Crippen molar-refractivity contribution in [2.24, 2.45) is 0 Å². The highest BCUT2D eigenvalue weighted by atomic mass is 16.3. The van der Waals surface area contributed by atoms with Gasteiger partial charge in [0.05, 0.1) is 19.4 Å². The summed E-state index contributed by atoms with van der Waals surface area (Å²) in [6.45, 7) is 7.23. The monoisotopic (exact) mass is 357 g/mol. The fraction of sp³-hybridized carbons (Fsp3) is 0.476. The van der Waals surface area contributed by atoms with Gasteiger partial charge in [-0.15, -0.1) is 0 Å². The Bertz CT molecular complexity index is 676. The Morgan fingerprint density at radius 1 is 1.19 bits per heavy atom. The molecule has 5 heteroatoms. The number of nitrogens with one attached hydrogen (secondary N) is 2. The lowest BCUT2D eigenvalue weighted by Crippen LogP contribution is -3.16. The Labute approximate surface area is 155 Å². The van der Waals surface area contributed by atoms with Crippen LogP contribution in [0.1, 0.15) is 43.6 Å². The van der Waals surface area contributed by atoms with Gasteiger partial charge < -0.3 is 20.0 Å². The van der Waals surface area contributed by atoms with Crippen LogP contribution in [0.2, 0.25) is 0 Å². The number of nitrogens with two attached hydrogens (primary N) is 1. The molecule has 0 unspecified atom stereocenters. The normalized spacial score (nSPS) is 17.6. The molecule has 0 saturated carbocycles. The highest BCUT2D eigenvalue weighted by molar-refractivity contribution is 5.93. The second-order valence-electron chi connectivity index (χ2n) is 7.40. The maximum Gasteiger partial charge on any atom is 0.282 e. The second-order valence-corrected chi connectivity index (χ2v) is 7.40. The van der Waals surface area contributed by atoms with E-state index < -0.39 is 0 Å². The largest absolute Gasteiger partial charge is 0.463 e. The number of piperidine rings is 1. The maximum atomic E-state index is 12.5. The summed E-state index contributed by atoms with van der Waals surface area (Å²) < 4.78 is 5.71. The van der Waals surface area contributed by atoms with Crippen molar-refractivity contribution in [3.8, 4) is 0 Å². The van der Waals surface area contributed by atoms with Gasteiger partial charge in [-0.05, 0) is 57.4 Å². The van der Waals surface area contributed by atoms with Gasteiger partial charge in [-0.1, -0.05) is 17.7 Å². The molecule has 1 aliphatic heterocycles. The fourth-order valence-electron chi connectivity index (χ4n) is 3.67. The lowest BCUT2D eigenvalue weighted by molar-refractivity contribution is -0.951. The van der Waals surface area contributed by atoms with E-state index in [1.165, 1.54) is 37.9 Å². The van der Waals surface area contributed by atoms with Crippen LogP contribution in [-0.2, 0) is 4.79 Å². The second kappa shape index (κ2) is 9.01. The number of rotatable bonds is 7. The highest BCUT2D eigenvalue weighted by Crippen LogP contribution is 2.11. The zero-order valence-electron chi connectivity index (χ0n) is 15.8. The lowest BCUT2D eigenvalue weighted by atomic mass is 10.1. The maximum absolute atomic E-state index is 12.5. The van der Waals surface area contributed by atoms with Gasteiger partial charge in [-0.2, -0.15) is 0 Å². The summed E-state index contributed by atoms with van der Waals surface area (Å²) in [6, 6.07) is 12.1. The lowest BCUT2D eigenvalue weighted by Gasteiger charge is -2.29. The molecule has 1 aromatic heterocycles. The summed E-state index contributed by atoms with van der Waals surface area (Å²) in [4.78, 5) is 14.1.